The van der Waals surface area contributed by atoms with Gasteiger partial charge in [0, 0.05) is 12.6 Å². The molecule has 1 heterocycles. The Bertz CT molecular complexity index is 598. The Labute approximate surface area is 126 Å². The first-order valence-electron chi connectivity index (χ1n) is 7.50. The van der Waals surface area contributed by atoms with E-state index in [9.17, 15) is 0 Å². The second-order valence-corrected chi connectivity index (χ2v) is 5.12. The molecule has 0 aliphatic carbocycles. The number of hydrogen-bond donors (Lipinski definition) is 1. The molecule has 1 aromatic heterocycles. The SMILES string of the molecule is CCNc1cc(Oc2ccccc2C(C)CC)nc(C)n1. The highest BCUT2D eigenvalue weighted by molar-refractivity contribution is 5.42. The van der Waals surface area contributed by atoms with Crippen LogP contribution >= 0.6 is 0 Å². The molecule has 4 nitrogen and oxygen atoms in total. The minimum absolute atomic E-state index is 0.456. The van der Waals surface area contributed by atoms with E-state index < -0.39 is 0 Å². The molecule has 0 amide bonds. The molecular formula is C17H23N3O. The summed E-state index contributed by atoms with van der Waals surface area (Å²) in [6.07, 6.45) is 1.08. The number of nitrogens with zero attached hydrogens (tertiary/aromatic N) is 2. The molecule has 0 aliphatic heterocycles. The van der Waals surface area contributed by atoms with E-state index >= 15 is 0 Å². The highest BCUT2D eigenvalue weighted by atomic mass is 16.5. The topological polar surface area (TPSA) is 47.0 Å². The number of benzene rings is 1. The maximum absolute atomic E-state index is 6.01. The first-order chi connectivity index (χ1) is 10.1. The number of para-hydroxylation sites is 1. The largest absolute Gasteiger partial charge is 0.439 e. The zero-order valence-electron chi connectivity index (χ0n) is 13.2. The average Bonchev–Trinajstić information content (AvgIpc) is 2.47. The van der Waals surface area contributed by atoms with E-state index in [4.69, 9.17) is 4.74 Å². The molecule has 0 saturated carbocycles. The lowest BCUT2D eigenvalue weighted by Gasteiger charge is -2.15. The Morgan fingerprint density at radius 1 is 1.19 bits per heavy atom. The number of ether oxygens (including phenoxy) is 1. The lowest BCUT2D eigenvalue weighted by molar-refractivity contribution is 0.449. The first kappa shape index (κ1) is 15.3. The van der Waals surface area contributed by atoms with Crippen molar-refractivity contribution in [3.63, 3.8) is 0 Å². The maximum atomic E-state index is 6.01. The number of nitrogens with one attached hydrogen (secondary N) is 1. The molecule has 21 heavy (non-hydrogen) atoms. The van der Waals surface area contributed by atoms with Crippen LogP contribution in [0.15, 0.2) is 30.3 Å². The Morgan fingerprint density at radius 3 is 2.67 bits per heavy atom. The Morgan fingerprint density at radius 2 is 1.95 bits per heavy atom. The molecule has 0 fully saturated rings. The molecule has 2 aromatic rings. The molecule has 0 radical (unpaired) electrons. The minimum atomic E-state index is 0.456. The predicted molar refractivity (Wildman–Crippen MR) is 86.2 cm³/mol. The molecule has 4 heteroatoms. The molecule has 2 rings (SSSR count). The summed E-state index contributed by atoms with van der Waals surface area (Å²) in [5, 5.41) is 3.19. The van der Waals surface area contributed by atoms with Crippen LogP contribution in [0.4, 0.5) is 5.82 Å². The van der Waals surface area contributed by atoms with Crippen molar-refractivity contribution < 1.29 is 4.74 Å². The van der Waals surface area contributed by atoms with Crippen LogP contribution in [0.5, 0.6) is 11.6 Å². The summed E-state index contributed by atoms with van der Waals surface area (Å²) in [6, 6.07) is 9.97. The maximum Gasteiger partial charge on any atom is 0.224 e. The lowest BCUT2D eigenvalue weighted by atomic mass is 9.98. The molecule has 1 atom stereocenters. The zero-order chi connectivity index (χ0) is 15.2. The van der Waals surface area contributed by atoms with Crippen molar-refractivity contribution in [2.75, 3.05) is 11.9 Å². The molecule has 1 aromatic carbocycles. The summed E-state index contributed by atoms with van der Waals surface area (Å²) in [6.45, 7) is 9.11. The Kier molecular flexibility index (Phi) is 5.14. The van der Waals surface area contributed by atoms with E-state index in [1.807, 2.05) is 38.1 Å². The predicted octanol–water partition coefficient (Wildman–Crippen LogP) is 4.52. The fraction of sp³-hybridized carbons (Fsp3) is 0.412. The van der Waals surface area contributed by atoms with Gasteiger partial charge in [0.1, 0.15) is 17.4 Å². The quantitative estimate of drug-likeness (QED) is 0.847. The third-order valence-corrected chi connectivity index (χ3v) is 3.45. The summed E-state index contributed by atoms with van der Waals surface area (Å²) in [5.74, 6) is 3.39. The van der Waals surface area contributed by atoms with Gasteiger partial charge in [-0.15, -0.1) is 0 Å². The fourth-order valence-corrected chi connectivity index (χ4v) is 2.18. The van der Waals surface area contributed by atoms with E-state index in [1.54, 1.807) is 0 Å². The average molecular weight is 285 g/mol. The van der Waals surface area contributed by atoms with E-state index in [-0.39, 0.29) is 0 Å². The summed E-state index contributed by atoms with van der Waals surface area (Å²) in [4.78, 5) is 8.70. The van der Waals surface area contributed by atoms with Gasteiger partial charge in [0.2, 0.25) is 5.88 Å². The number of aromatic nitrogens is 2. The molecule has 0 spiro atoms. The van der Waals surface area contributed by atoms with E-state index in [0.29, 0.717) is 17.6 Å². The van der Waals surface area contributed by atoms with Crippen LogP contribution < -0.4 is 10.1 Å². The summed E-state index contributed by atoms with van der Waals surface area (Å²) in [7, 11) is 0. The van der Waals surface area contributed by atoms with Gasteiger partial charge in [-0.2, -0.15) is 4.98 Å². The van der Waals surface area contributed by atoms with Gasteiger partial charge < -0.3 is 10.1 Å². The summed E-state index contributed by atoms with van der Waals surface area (Å²) in [5.41, 5.74) is 1.21. The van der Waals surface area contributed by atoms with Gasteiger partial charge in [0.15, 0.2) is 0 Å². The zero-order valence-corrected chi connectivity index (χ0v) is 13.2. The van der Waals surface area contributed by atoms with E-state index in [0.717, 1.165) is 24.5 Å². The lowest BCUT2D eigenvalue weighted by Crippen LogP contribution is -2.03. The Hall–Kier alpha value is -2.10. The molecule has 1 unspecified atom stereocenters. The molecule has 1 N–H and O–H groups in total. The monoisotopic (exact) mass is 285 g/mol. The highest BCUT2D eigenvalue weighted by Gasteiger charge is 2.11. The van der Waals surface area contributed by atoms with Gasteiger partial charge in [0.25, 0.3) is 0 Å². The first-order valence-corrected chi connectivity index (χ1v) is 7.50. The van der Waals surface area contributed by atoms with Crippen LogP contribution in [0.3, 0.4) is 0 Å². The smallest absolute Gasteiger partial charge is 0.224 e. The van der Waals surface area contributed by atoms with Crippen molar-refractivity contribution in [1.29, 1.82) is 0 Å². The molecular weight excluding hydrogens is 262 g/mol. The molecule has 0 saturated heterocycles. The third kappa shape index (κ3) is 3.94. The van der Waals surface area contributed by atoms with Crippen molar-refractivity contribution in [2.45, 2.75) is 40.0 Å². The number of rotatable bonds is 6. The van der Waals surface area contributed by atoms with Gasteiger partial charge in [0.05, 0.1) is 0 Å². The second-order valence-electron chi connectivity index (χ2n) is 5.12. The van der Waals surface area contributed by atoms with Crippen LogP contribution in [0.25, 0.3) is 0 Å². The van der Waals surface area contributed by atoms with Crippen LogP contribution in [0, 0.1) is 6.92 Å². The van der Waals surface area contributed by atoms with E-state index in [1.165, 1.54) is 5.56 Å². The van der Waals surface area contributed by atoms with Crippen LogP contribution in [-0.2, 0) is 0 Å². The van der Waals surface area contributed by atoms with E-state index in [2.05, 4.69) is 35.2 Å². The standard InChI is InChI=1S/C17H23N3O/c1-5-12(3)14-9-7-8-10-15(14)21-17-11-16(18-6-2)19-13(4)20-17/h7-12H,5-6H2,1-4H3,(H,18,19,20). The number of anilines is 1. The van der Waals surface area contributed by atoms with Gasteiger partial charge in [-0.1, -0.05) is 32.0 Å². The van der Waals surface area contributed by atoms with Crippen LogP contribution in [-0.4, -0.2) is 16.5 Å². The van der Waals surface area contributed by atoms with Gasteiger partial charge >= 0.3 is 0 Å². The van der Waals surface area contributed by atoms with Crippen molar-refractivity contribution >= 4 is 5.82 Å². The minimum Gasteiger partial charge on any atom is -0.439 e. The van der Waals surface area contributed by atoms with Crippen molar-refractivity contribution in [3.8, 4) is 11.6 Å². The van der Waals surface area contributed by atoms with Crippen LogP contribution in [0.1, 0.15) is 44.5 Å². The normalized spacial score (nSPS) is 12.0. The third-order valence-electron chi connectivity index (χ3n) is 3.45. The van der Waals surface area contributed by atoms with Gasteiger partial charge in [-0.05, 0) is 37.8 Å². The highest BCUT2D eigenvalue weighted by Crippen LogP contribution is 2.31. The molecule has 0 aliphatic rings. The van der Waals surface area contributed by atoms with Gasteiger partial charge in [-0.3, -0.25) is 0 Å². The van der Waals surface area contributed by atoms with Crippen molar-refractivity contribution in [2.24, 2.45) is 0 Å². The second kappa shape index (κ2) is 7.07. The molecule has 112 valence electrons. The van der Waals surface area contributed by atoms with Gasteiger partial charge in [-0.25, -0.2) is 4.98 Å². The number of hydrogen-bond acceptors (Lipinski definition) is 4. The fourth-order valence-electron chi connectivity index (χ4n) is 2.18. The van der Waals surface area contributed by atoms with Crippen LogP contribution in [0.2, 0.25) is 0 Å². The molecule has 0 bridgehead atoms. The summed E-state index contributed by atoms with van der Waals surface area (Å²) >= 11 is 0. The Balaban J connectivity index is 2.30. The van der Waals surface area contributed by atoms with Crippen molar-refractivity contribution in [1.82, 2.24) is 9.97 Å². The summed E-state index contributed by atoms with van der Waals surface area (Å²) < 4.78 is 6.01. The van der Waals surface area contributed by atoms with Crippen molar-refractivity contribution in [3.05, 3.63) is 41.7 Å². The number of aryl methyl sites for hydroxylation is 1.